The minimum Gasteiger partial charge on any atom is -0.351 e. The molecule has 5 rings (SSSR count). The molecule has 2 N–H and O–H groups in total. The summed E-state index contributed by atoms with van der Waals surface area (Å²) in [7, 11) is 1.91. The number of benzene rings is 4. The number of fused-ring (bicyclic) bond motifs is 1. The first-order chi connectivity index (χ1) is 21.1. The number of amides is 2. The lowest BCUT2D eigenvalue weighted by Gasteiger charge is -2.29. The normalized spacial score (nSPS) is 14.2. The van der Waals surface area contributed by atoms with Crippen molar-refractivity contribution in [2.75, 3.05) is 46.3 Å². The summed E-state index contributed by atoms with van der Waals surface area (Å²) in [6, 6.07) is 34.3. The molecule has 0 unspecified atom stereocenters. The molecule has 2 amide bonds. The maximum absolute atomic E-state index is 13.9. The molecule has 43 heavy (non-hydrogen) atoms. The van der Waals surface area contributed by atoms with Gasteiger partial charge in [0.2, 0.25) is 5.91 Å². The first kappa shape index (κ1) is 30.5. The molecule has 1 saturated heterocycles. The van der Waals surface area contributed by atoms with Gasteiger partial charge in [-0.15, -0.1) is 0 Å². The lowest BCUT2D eigenvalue weighted by Crippen LogP contribution is -2.48. The van der Waals surface area contributed by atoms with Gasteiger partial charge in [0.15, 0.2) is 0 Å². The van der Waals surface area contributed by atoms with Crippen molar-refractivity contribution in [1.82, 2.24) is 20.4 Å². The molecule has 6 nitrogen and oxygen atoms in total. The van der Waals surface area contributed by atoms with Crippen LogP contribution < -0.4 is 10.6 Å². The van der Waals surface area contributed by atoms with Gasteiger partial charge < -0.3 is 20.4 Å². The van der Waals surface area contributed by atoms with Crippen molar-refractivity contribution < 1.29 is 9.59 Å². The third-order valence-corrected chi connectivity index (χ3v) is 8.51. The second-order valence-corrected chi connectivity index (χ2v) is 11.6. The summed E-state index contributed by atoms with van der Waals surface area (Å²) in [6.07, 6.45) is 4.25. The second kappa shape index (κ2) is 15.5. The van der Waals surface area contributed by atoms with Gasteiger partial charge in [0.1, 0.15) is 0 Å². The molecular weight excluding hydrogens is 532 g/mol. The minimum atomic E-state index is -0.308. The van der Waals surface area contributed by atoms with Crippen LogP contribution in [0.5, 0.6) is 0 Å². The Balaban J connectivity index is 1.20. The Bertz CT molecular complexity index is 1410. The molecule has 1 heterocycles. The molecule has 0 radical (unpaired) electrons. The summed E-state index contributed by atoms with van der Waals surface area (Å²) >= 11 is 0. The van der Waals surface area contributed by atoms with Crippen molar-refractivity contribution >= 4 is 22.6 Å². The summed E-state index contributed by atoms with van der Waals surface area (Å²) in [6.45, 7) is 4.89. The van der Waals surface area contributed by atoms with Gasteiger partial charge in [0.05, 0.1) is 6.04 Å². The monoisotopic (exact) mass is 576 g/mol. The SMILES string of the molecule is CN(CC(c1ccccc1)c1ccccc1)C(=O)[C@H](CCCN1CCCC1)NCCNC(=O)c1ccc2ccccc2c1. The van der Waals surface area contributed by atoms with Crippen LogP contribution in [0.25, 0.3) is 10.8 Å². The third kappa shape index (κ3) is 8.53. The summed E-state index contributed by atoms with van der Waals surface area (Å²) < 4.78 is 0. The van der Waals surface area contributed by atoms with Crippen molar-refractivity contribution in [3.63, 3.8) is 0 Å². The first-order valence-corrected chi connectivity index (χ1v) is 15.7. The zero-order chi connectivity index (χ0) is 29.9. The van der Waals surface area contributed by atoms with Gasteiger partial charge in [0.25, 0.3) is 5.91 Å². The number of nitrogens with zero attached hydrogens (tertiary/aromatic N) is 2. The standard InChI is InChI=1S/C37H44N4O2/c1-40(28-34(30-14-4-2-5-15-30)31-16-6-3-7-17-31)37(43)35(19-12-26-41-24-10-11-25-41)38-22-23-39-36(42)33-21-20-29-13-8-9-18-32(29)27-33/h2-9,13-18,20-21,27,34-35,38H,10-12,19,22-26,28H2,1H3,(H,39,42)/t35-/m0/s1. The van der Waals surface area contributed by atoms with Crippen LogP contribution in [0.1, 0.15) is 53.1 Å². The van der Waals surface area contributed by atoms with E-state index in [1.54, 1.807) is 0 Å². The van der Waals surface area contributed by atoms with Crippen molar-refractivity contribution in [3.8, 4) is 0 Å². The third-order valence-electron chi connectivity index (χ3n) is 8.51. The topological polar surface area (TPSA) is 64.7 Å². The van der Waals surface area contributed by atoms with E-state index in [2.05, 4.69) is 64.1 Å². The molecule has 6 heteroatoms. The quantitative estimate of drug-likeness (QED) is 0.189. The summed E-state index contributed by atoms with van der Waals surface area (Å²) in [5.74, 6) is 0.0807. The summed E-state index contributed by atoms with van der Waals surface area (Å²) in [5, 5.41) is 8.68. The van der Waals surface area contributed by atoms with Crippen LogP contribution in [-0.4, -0.2) is 74.0 Å². The highest BCUT2D eigenvalue weighted by atomic mass is 16.2. The molecule has 0 aromatic heterocycles. The van der Waals surface area contributed by atoms with Gasteiger partial charge in [-0.2, -0.15) is 0 Å². The number of hydrogen-bond acceptors (Lipinski definition) is 4. The Hall–Kier alpha value is -4.00. The van der Waals surface area contributed by atoms with Gasteiger partial charge in [-0.1, -0.05) is 91.0 Å². The minimum absolute atomic E-state index is 0.0860. The predicted molar refractivity (Wildman–Crippen MR) is 175 cm³/mol. The van der Waals surface area contributed by atoms with E-state index < -0.39 is 0 Å². The number of rotatable bonds is 14. The Morgan fingerprint density at radius 2 is 1.42 bits per heavy atom. The zero-order valence-electron chi connectivity index (χ0n) is 25.3. The van der Waals surface area contributed by atoms with Crippen LogP contribution in [-0.2, 0) is 4.79 Å². The fraction of sp³-hybridized carbons (Fsp3) is 0.351. The molecule has 4 aromatic rings. The van der Waals surface area contributed by atoms with Gasteiger partial charge in [-0.05, 0) is 79.3 Å². The van der Waals surface area contributed by atoms with Crippen molar-refractivity contribution in [2.24, 2.45) is 0 Å². The fourth-order valence-corrected chi connectivity index (χ4v) is 6.10. The Morgan fingerprint density at radius 1 is 0.791 bits per heavy atom. The van der Waals surface area contributed by atoms with E-state index in [4.69, 9.17) is 0 Å². The Kier molecular flexibility index (Phi) is 11.0. The van der Waals surface area contributed by atoms with E-state index in [0.717, 1.165) is 43.2 Å². The molecule has 224 valence electrons. The van der Waals surface area contributed by atoms with Crippen LogP contribution in [0, 0.1) is 0 Å². The number of likely N-dealkylation sites (tertiary alicyclic amines) is 1. The van der Waals surface area contributed by atoms with Crippen LogP contribution in [0.4, 0.5) is 0 Å². The maximum atomic E-state index is 13.9. The number of likely N-dealkylation sites (N-methyl/N-ethyl adjacent to an activating group) is 1. The molecule has 0 spiro atoms. The zero-order valence-corrected chi connectivity index (χ0v) is 25.3. The second-order valence-electron chi connectivity index (χ2n) is 11.6. The summed E-state index contributed by atoms with van der Waals surface area (Å²) in [4.78, 5) is 31.1. The summed E-state index contributed by atoms with van der Waals surface area (Å²) in [5.41, 5.74) is 3.04. The Labute approximate surface area is 256 Å². The predicted octanol–water partition coefficient (Wildman–Crippen LogP) is 5.69. The lowest BCUT2D eigenvalue weighted by molar-refractivity contribution is -0.132. The van der Waals surface area contributed by atoms with Crippen molar-refractivity contribution in [2.45, 2.75) is 37.6 Å². The number of carbonyl (C=O) groups is 2. The molecule has 0 saturated carbocycles. The van der Waals surface area contributed by atoms with E-state index in [1.165, 1.54) is 24.0 Å². The maximum Gasteiger partial charge on any atom is 0.251 e. The molecule has 1 atom stereocenters. The Morgan fingerprint density at radius 3 is 2.09 bits per heavy atom. The molecule has 0 aliphatic carbocycles. The molecule has 1 fully saturated rings. The van der Waals surface area contributed by atoms with Crippen molar-refractivity contribution in [3.05, 3.63) is 120 Å². The van der Waals surface area contributed by atoms with Crippen LogP contribution in [0.15, 0.2) is 103 Å². The fourth-order valence-electron chi connectivity index (χ4n) is 6.10. The average Bonchev–Trinajstić information content (AvgIpc) is 3.58. The lowest BCUT2D eigenvalue weighted by atomic mass is 9.90. The molecule has 1 aliphatic heterocycles. The van der Waals surface area contributed by atoms with Gasteiger partial charge in [-0.3, -0.25) is 9.59 Å². The molecule has 4 aromatic carbocycles. The largest absolute Gasteiger partial charge is 0.351 e. The van der Waals surface area contributed by atoms with Crippen LogP contribution >= 0.6 is 0 Å². The molecular formula is C37H44N4O2. The van der Waals surface area contributed by atoms with Crippen LogP contribution in [0.3, 0.4) is 0 Å². The molecule has 0 bridgehead atoms. The number of hydrogen-bond donors (Lipinski definition) is 2. The van der Waals surface area contributed by atoms with Gasteiger partial charge in [0, 0.05) is 38.2 Å². The highest BCUT2D eigenvalue weighted by Gasteiger charge is 2.25. The molecule has 1 aliphatic rings. The van der Waals surface area contributed by atoms with E-state index in [1.807, 2.05) is 66.5 Å². The highest BCUT2D eigenvalue weighted by molar-refractivity contribution is 5.98. The smallest absolute Gasteiger partial charge is 0.251 e. The van der Waals surface area contributed by atoms with Gasteiger partial charge >= 0.3 is 0 Å². The van der Waals surface area contributed by atoms with E-state index in [9.17, 15) is 9.59 Å². The van der Waals surface area contributed by atoms with E-state index >= 15 is 0 Å². The highest BCUT2D eigenvalue weighted by Crippen LogP contribution is 2.26. The van der Waals surface area contributed by atoms with Crippen LogP contribution in [0.2, 0.25) is 0 Å². The van der Waals surface area contributed by atoms with E-state index in [-0.39, 0.29) is 23.8 Å². The number of carbonyl (C=O) groups excluding carboxylic acids is 2. The number of nitrogens with one attached hydrogen (secondary N) is 2. The first-order valence-electron chi connectivity index (χ1n) is 15.7. The van der Waals surface area contributed by atoms with Crippen molar-refractivity contribution in [1.29, 1.82) is 0 Å². The average molecular weight is 577 g/mol. The van der Waals surface area contributed by atoms with Gasteiger partial charge in [-0.25, -0.2) is 0 Å². The van der Waals surface area contributed by atoms with E-state index in [0.29, 0.717) is 25.2 Å².